The van der Waals surface area contributed by atoms with Crippen molar-refractivity contribution in [2.24, 2.45) is 5.41 Å². The predicted octanol–water partition coefficient (Wildman–Crippen LogP) is 3.04. The van der Waals surface area contributed by atoms with Crippen LogP contribution in [-0.4, -0.2) is 11.6 Å². The number of terminal acetylenes is 1. The topological polar surface area (TPSA) is 34.1 Å². The molecule has 1 saturated carbocycles. The molecule has 0 amide bonds. The van der Waals surface area contributed by atoms with Crippen LogP contribution in [0.25, 0.3) is 0 Å². The van der Waals surface area contributed by atoms with Gasteiger partial charge < -0.3 is 0 Å². The largest absolute Gasteiger partial charge is 0.299 e. The highest BCUT2D eigenvalue weighted by Gasteiger charge is 2.48. The Labute approximate surface area is 114 Å². The van der Waals surface area contributed by atoms with E-state index in [-0.39, 0.29) is 11.6 Å². The van der Waals surface area contributed by atoms with Crippen molar-refractivity contribution in [2.75, 3.05) is 0 Å². The van der Waals surface area contributed by atoms with Gasteiger partial charge in [0.2, 0.25) is 0 Å². The number of hydrogen-bond acceptors (Lipinski definition) is 2. The van der Waals surface area contributed by atoms with E-state index < -0.39 is 11.3 Å². The summed E-state index contributed by atoms with van der Waals surface area (Å²) in [7, 11) is 0. The highest BCUT2D eigenvalue weighted by Crippen LogP contribution is 2.42. The standard InChI is InChI=1S/C17H18O2/c1-4-14(13-10-8-12(2)9-11-13)17(3)15(18)6-5-7-16(17)19/h1,8-11,14H,5-7H2,2-3H3/t14-/m0/s1. The molecule has 2 heteroatoms. The molecule has 98 valence electrons. The van der Waals surface area contributed by atoms with Gasteiger partial charge in [-0.1, -0.05) is 35.7 Å². The SMILES string of the molecule is C#C[C@@H](c1ccc(C)cc1)C1(C)C(=O)CCCC1=O. The number of hydrogen-bond donors (Lipinski definition) is 0. The molecule has 0 saturated heterocycles. The second-order valence-electron chi connectivity index (χ2n) is 5.41. The summed E-state index contributed by atoms with van der Waals surface area (Å²) < 4.78 is 0. The normalized spacial score (nSPS) is 19.8. The first-order chi connectivity index (χ1) is 9.00. The minimum atomic E-state index is -1.05. The number of rotatable bonds is 2. The summed E-state index contributed by atoms with van der Waals surface area (Å²) in [5, 5.41) is 0. The summed E-state index contributed by atoms with van der Waals surface area (Å²) in [6.07, 6.45) is 7.18. The van der Waals surface area contributed by atoms with Crippen LogP contribution in [0.5, 0.6) is 0 Å². The molecule has 19 heavy (non-hydrogen) atoms. The molecule has 0 heterocycles. The summed E-state index contributed by atoms with van der Waals surface area (Å²) >= 11 is 0. The van der Waals surface area contributed by atoms with Crippen molar-refractivity contribution >= 4 is 11.6 Å². The Morgan fingerprint density at radius 1 is 1.16 bits per heavy atom. The van der Waals surface area contributed by atoms with Gasteiger partial charge in [0.25, 0.3) is 0 Å². The van der Waals surface area contributed by atoms with Crippen LogP contribution in [0.1, 0.15) is 43.2 Å². The number of benzene rings is 1. The smallest absolute Gasteiger partial charge is 0.147 e. The van der Waals surface area contributed by atoms with Gasteiger partial charge in [-0.05, 0) is 25.8 Å². The number of aryl methyl sites for hydroxylation is 1. The van der Waals surface area contributed by atoms with Gasteiger partial charge in [-0.3, -0.25) is 9.59 Å². The van der Waals surface area contributed by atoms with Crippen LogP contribution in [0, 0.1) is 24.7 Å². The molecular formula is C17H18O2. The Morgan fingerprint density at radius 2 is 1.68 bits per heavy atom. The van der Waals surface area contributed by atoms with E-state index in [9.17, 15) is 9.59 Å². The van der Waals surface area contributed by atoms with E-state index in [1.807, 2.05) is 31.2 Å². The first-order valence-electron chi connectivity index (χ1n) is 6.59. The van der Waals surface area contributed by atoms with Crippen LogP contribution >= 0.6 is 0 Å². The quantitative estimate of drug-likeness (QED) is 0.600. The molecule has 1 aromatic carbocycles. The summed E-state index contributed by atoms with van der Waals surface area (Å²) in [6.45, 7) is 3.70. The molecule has 1 atom stereocenters. The van der Waals surface area contributed by atoms with E-state index in [1.165, 1.54) is 0 Å². The van der Waals surface area contributed by atoms with Crippen molar-refractivity contribution in [2.45, 2.75) is 39.0 Å². The molecule has 1 fully saturated rings. The van der Waals surface area contributed by atoms with Crippen molar-refractivity contribution in [3.63, 3.8) is 0 Å². The molecule has 1 aromatic rings. The Bertz CT molecular complexity index is 530. The second-order valence-corrected chi connectivity index (χ2v) is 5.41. The first kappa shape index (κ1) is 13.5. The fourth-order valence-corrected chi connectivity index (χ4v) is 2.76. The van der Waals surface area contributed by atoms with Gasteiger partial charge in [-0.15, -0.1) is 6.42 Å². The van der Waals surface area contributed by atoms with E-state index in [2.05, 4.69) is 5.92 Å². The van der Waals surface area contributed by atoms with Gasteiger partial charge in [0.1, 0.15) is 17.0 Å². The minimum absolute atomic E-state index is 0.0210. The Morgan fingerprint density at radius 3 is 2.16 bits per heavy atom. The van der Waals surface area contributed by atoms with Crippen LogP contribution in [0.4, 0.5) is 0 Å². The number of carbonyl (C=O) groups is 2. The van der Waals surface area contributed by atoms with E-state index in [4.69, 9.17) is 6.42 Å². The molecule has 0 aromatic heterocycles. The maximum Gasteiger partial charge on any atom is 0.147 e. The Balaban J connectivity index is 2.46. The molecule has 0 spiro atoms. The van der Waals surface area contributed by atoms with Gasteiger partial charge in [0.15, 0.2) is 0 Å². The van der Waals surface area contributed by atoms with Gasteiger partial charge >= 0.3 is 0 Å². The number of ketones is 2. The monoisotopic (exact) mass is 254 g/mol. The summed E-state index contributed by atoms with van der Waals surface area (Å²) in [6, 6.07) is 7.75. The van der Waals surface area contributed by atoms with Crippen LogP contribution in [-0.2, 0) is 9.59 Å². The van der Waals surface area contributed by atoms with E-state index >= 15 is 0 Å². The van der Waals surface area contributed by atoms with Gasteiger partial charge in [-0.2, -0.15) is 0 Å². The maximum atomic E-state index is 12.3. The number of Topliss-reactive ketones (excluding diaryl/α,β-unsaturated/α-hetero) is 2. The fraction of sp³-hybridized carbons (Fsp3) is 0.412. The maximum absolute atomic E-state index is 12.3. The second kappa shape index (κ2) is 5.01. The van der Waals surface area contributed by atoms with Crippen LogP contribution in [0.2, 0.25) is 0 Å². The van der Waals surface area contributed by atoms with Gasteiger partial charge in [0.05, 0.1) is 5.92 Å². The lowest BCUT2D eigenvalue weighted by molar-refractivity contribution is -0.143. The summed E-state index contributed by atoms with van der Waals surface area (Å²) in [4.78, 5) is 24.5. The molecule has 0 bridgehead atoms. The van der Waals surface area contributed by atoms with Crippen LogP contribution in [0.3, 0.4) is 0 Å². The summed E-state index contributed by atoms with van der Waals surface area (Å²) in [5.41, 5.74) is 0.951. The lowest BCUT2D eigenvalue weighted by atomic mass is 9.63. The van der Waals surface area contributed by atoms with Gasteiger partial charge in [-0.25, -0.2) is 0 Å². The van der Waals surface area contributed by atoms with Crippen molar-refractivity contribution in [3.05, 3.63) is 35.4 Å². The van der Waals surface area contributed by atoms with Crippen molar-refractivity contribution in [3.8, 4) is 12.3 Å². The molecule has 0 radical (unpaired) electrons. The van der Waals surface area contributed by atoms with Crippen molar-refractivity contribution in [1.82, 2.24) is 0 Å². The average molecular weight is 254 g/mol. The first-order valence-corrected chi connectivity index (χ1v) is 6.59. The lowest BCUT2D eigenvalue weighted by Crippen LogP contribution is -2.44. The third-order valence-electron chi connectivity index (χ3n) is 4.12. The zero-order valence-electron chi connectivity index (χ0n) is 11.4. The minimum Gasteiger partial charge on any atom is -0.299 e. The zero-order valence-corrected chi connectivity index (χ0v) is 11.4. The molecule has 0 aliphatic heterocycles. The summed E-state index contributed by atoms with van der Waals surface area (Å²) in [5.74, 6) is 2.16. The van der Waals surface area contributed by atoms with E-state index in [0.29, 0.717) is 19.3 Å². The number of carbonyl (C=O) groups excluding carboxylic acids is 2. The van der Waals surface area contributed by atoms with Gasteiger partial charge in [0, 0.05) is 12.8 Å². The van der Waals surface area contributed by atoms with E-state index in [1.54, 1.807) is 6.92 Å². The molecule has 0 unspecified atom stereocenters. The highest BCUT2D eigenvalue weighted by molar-refractivity contribution is 6.09. The lowest BCUT2D eigenvalue weighted by Gasteiger charge is -2.35. The fourth-order valence-electron chi connectivity index (χ4n) is 2.76. The molecule has 2 rings (SSSR count). The van der Waals surface area contributed by atoms with Crippen molar-refractivity contribution in [1.29, 1.82) is 0 Å². The third-order valence-corrected chi connectivity index (χ3v) is 4.12. The molecular weight excluding hydrogens is 236 g/mol. The average Bonchev–Trinajstić information content (AvgIpc) is 2.39. The molecule has 2 nitrogen and oxygen atoms in total. The Kier molecular flexibility index (Phi) is 3.57. The zero-order chi connectivity index (χ0) is 14.0. The van der Waals surface area contributed by atoms with Crippen LogP contribution in [0.15, 0.2) is 24.3 Å². The van der Waals surface area contributed by atoms with Crippen molar-refractivity contribution < 1.29 is 9.59 Å². The molecule has 1 aliphatic rings. The molecule has 0 N–H and O–H groups in total. The highest BCUT2D eigenvalue weighted by atomic mass is 16.2. The van der Waals surface area contributed by atoms with Crippen LogP contribution < -0.4 is 0 Å². The third kappa shape index (κ3) is 2.21. The predicted molar refractivity (Wildman–Crippen MR) is 74.7 cm³/mol. The Hall–Kier alpha value is -1.88. The molecule has 1 aliphatic carbocycles. The van der Waals surface area contributed by atoms with E-state index in [0.717, 1.165) is 11.1 Å².